The lowest BCUT2D eigenvalue weighted by molar-refractivity contribution is -0.121. The zero-order valence-electron chi connectivity index (χ0n) is 12.7. The number of amides is 1. The molecule has 3 unspecified atom stereocenters. The van der Waals surface area contributed by atoms with E-state index in [0.29, 0.717) is 5.92 Å². The molecule has 2 aliphatic rings. The molecule has 1 aromatic carbocycles. The summed E-state index contributed by atoms with van der Waals surface area (Å²) in [5, 5.41) is 11.1. The van der Waals surface area contributed by atoms with Gasteiger partial charge in [-0.15, -0.1) is 10.2 Å². The Morgan fingerprint density at radius 3 is 2.91 bits per heavy atom. The molecule has 1 aromatic heterocycles. The van der Waals surface area contributed by atoms with Gasteiger partial charge in [-0.2, -0.15) is 0 Å². The number of aryl methyl sites for hydroxylation is 1. The molecule has 2 aromatic rings. The van der Waals surface area contributed by atoms with Crippen molar-refractivity contribution in [2.24, 2.45) is 24.8 Å². The van der Waals surface area contributed by atoms with Crippen molar-refractivity contribution < 1.29 is 4.79 Å². The zero-order chi connectivity index (χ0) is 15.1. The maximum Gasteiger partial charge on any atom is 0.227 e. The molecular weight excluding hydrogens is 276 g/mol. The summed E-state index contributed by atoms with van der Waals surface area (Å²) < 4.78 is 1.87. The topological polar surface area (TPSA) is 59.8 Å². The molecule has 2 saturated carbocycles. The predicted octanol–water partition coefficient (Wildman–Crippen LogP) is 2.86. The molecule has 2 bridgehead atoms. The van der Waals surface area contributed by atoms with E-state index in [9.17, 15) is 4.79 Å². The van der Waals surface area contributed by atoms with Gasteiger partial charge < -0.3 is 9.88 Å². The monoisotopic (exact) mass is 296 g/mol. The normalized spacial score (nSPS) is 26.3. The number of nitrogens with zero attached hydrogens (tertiary/aromatic N) is 3. The van der Waals surface area contributed by atoms with Crippen LogP contribution in [-0.2, 0) is 11.8 Å². The molecule has 114 valence electrons. The number of aromatic nitrogens is 3. The highest BCUT2D eigenvalue weighted by Gasteiger charge is 2.42. The highest BCUT2D eigenvalue weighted by atomic mass is 16.1. The number of rotatable bonds is 3. The van der Waals surface area contributed by atoms with Crippen LogP contribution in [0.25, 0.3) is 11.4 Å². The lowest BCUT2D eigenvalue weighted by Crippen LogP contribution is -2.27. The minimum absolute atomic E-state index is 0.183. The number of hydrogen-bond donors (Lipinski definition) is 1. The summed E-state index contributed by atoms with van der Waals surface area (Å²) in [6.45, 7) is 0. The molecule has 5 heteroatoms. The van der Waals surface area contributed by atoms with Gasteiger partial charge in [0.05, 0.1) is 0 Å². The molecule has 1 N–H and O–H groups in total. The van der Waals surface area contributed by atoms with E-state index in [4.69, 9.17) is 0 Å². The number of hydrogen-bond acceptors (Lipinski definition) is 3. The summed E-state index contributed by atoms with van der Waals surface area (Å²) in [7, 11) is 1.91. The highest BCUT2D eigenvalue weighted by molar-refractivity contribution is 5.93. The van der Waals surface area contributed by atoms with Crippen molar-refractivity contribution in [3.63, 3.8) is 0 Å². The summed E-state index contributed by atoms with van der Waals surface area (Å²) in [6.07, 6.45) is 6.53. The van der Waals surface area contributed by atoms with E-state index in [2.05, 4.69) is 15.5 Å². The molecule has 0 saturated heterocycles. The van der Waals surface area contributed by atoms with Gasteiger partial charge in [0.1, 0.15) is 6.33 Å². The van der Waals surface area contributed by atoms with Crippen LogP contribution in [0, 0.1) is 17.8 Å². The van der Waals surface area contributed by atoms with Crippen molar-refractivity contribution in [3.8, 4) is 11.4 Å². The van der Waals surface area contributed by atoms with E-state index in [1.54, 1.807) is 6.33 Å². The van der Waals surface area contributed by atoms with Crippen LogP contribution in [0.5, 0.6) is 0 Å². The smallest absolute Gasteiger partial charge is 0.227 e. The second kappa shape index (κ2) is 5.23. The lowest BCUT2D eigenvalue weighted by Gasteiger charge is -2.20. The maximum absolute atomic E-state index is 12.5. The Balaban J connectivity index is 1.51. The van der Waals surface area contributed by atoms with Gasteiger partial charge in [-0.3, -0.25) is 4.79 Å². The molecule has 2 fully saturated rings. The Kier molecular flexibility index (Phi) is 3.21. The van der Waals surface area contributed by atoms with E-state index in [1.165, 1.54) is 19.3 Å². The molecule has 1 heterocycles. The van der Waals surface area contributed by atoms with Gasteiger partial charge in [-0.05, 0) is 43.2 Å². The molecule has 2 aliphatic carbocycles. The van der Waals surface area contributed by atoms with Crippen LogP contribution in [0.15, 0.2) is 30.6 Å². The fraction of sp³-hybridized carbons (Fsp3) is 0.471. The Labute approximate surface area is 129 Å². The Bertz CT molecular complexity index is 708. The van der Waals surface area contributed by atoms with E-state index >= 15 is 0 Å². The van der Waals surface area contributed by atoms with Crippen molar-refractivity contribution in [3.05, 3.63) is 30.6 Å². The summed E-state index contributed by atoms with van der Waals surface area (Å²) in [5.74, 6) is 2.58. The lowest BCUT2D eigenvalue weighted by atomic mass is 9.88. The first kappa shape index (κ1) is 13.5. The van der Waals surface area contributed by atoms with Crippen LogP contribution < -0.4 is 5.32 Å². The largest absolute Gasteiger partial charge is 0.326 e. The highest BCUT2D eigenvalue weighted by Crippen LogP contribution is 2.48. The molecular formula is C17H20N4O. The summed E-state index contributed by atoms with van der Waals surface area (Å²) in [4.78, 5) is 12.5. The number of benzene rings is 1. The predicted molar refractivity (Wildman–Crippen MR) is 84.0 cm³/mol. The standard InChI is InChI=1S/C17H20N4O/c1-21-10-18-20-16(21)13-3-2-4-14(9-13)19-17(22)15-8-11-5-6-12(15)7-11/h2-4,9-12,15H,5-8H2,1H3,(H,19,22). The molecule has 4 rings (SSSR count). The Morgan fingerprint density at radius 1 is 1.32 bits per heavy atom. The summed E-state index contributed by atoms with van der Waals surface area (Å²) in [5.41, 5.74) is 1.80. The van der Waals surface area contributed by atoms with Crippen LogP contribution in [0.1, 0.15) is 25.7 Å². The van der Waals surface area contributed by atoms with Crippen LogP contribution in [-0.4, -0.2) is 20.7 Å². The second-order valence-electron chi connectivity index (χ2n) is 6.62. The van der Waals surface area contributed by atoms with Crippen LogP contribution in [0.3, 0.4) is 0 Å². The van der Waals surface area contributed by atoms with Crippen molar-refractivity contribution in [2.45, 2.75) is 25.7 Å². The van der Waals surface area contributed by atoms with Crippen molar-refractivity contribution in [2.75, 3.05) is 5.32 Å². The van der Waals surface area contributed by atoms with Gasteiger partial charge in [-0.1, -0.05) is 18.6 Å². The number of nitrogens with one attached hydrogen (secondary N) is 1. The van der Waals surface area contributed by atoms with Crippen molar-refractivity contribution in [1.82, 2.24) is 14.8 Å². The molecule has 22 heavy (non-hydrogen) atoms. The molecule has 0 aliphatic heterocycles. The number of carbonyl (C=O) groups is 1. The first-order valence-electron chi connectivity index (χ1n) is 7.96. The minimum Gasteiger partial charge on any atom is -0.326 e. The van der Waals surface area contributed by atoms with Gasteiger partial charge >= 0.3 is 0 Å². The van der Waals surface area contributed by atoms with Crippen molar-refractivity contribution in [1.29, 1.82) is 0 Å². The maximum atomic E-state index is 12.5. The molecule has 5 nitrogen and oxygen atoms in total. The van der Waals surface area contributed by atoms with E-state index in [1.807, 2.05) is 35.9 Å². The summed E-state index contributed by atoms with van der Waals surface area (Å²) in [6, 6.07) is 7.83. The van der Waals surface area contributed by atoms with Crippen LogP contribution in [0.4, 0.5) is 5.69 Å². The van der Waals surface area contributed by atoms with E-state index in [-0.39, 0.29) is 11.8 Å². The number of carbonyl (C=O) groups excluding carboxylic acids is 1. The van der Waals surface area contributed by atoms with Crippen LogP contribution >= 0.6 is 0 Å². The average Bonchev–Trinajstić information content (AvgIpc) is 3.23. The third kappa shape index (κ3) is 2.30. The molecule has 1 amide bonds. The minimum atomic E-state index is 0.183. The third-order valence-electron chi connectivity index (χ3n) is 5.17. The SMILES string of the molecule is Cn1cnnc1-c1cccc(NC(=O)C2CC3CCC2C3)c1. The Morgan fingerprint density at radius 2 is 2.23 bits per heavy atom. The van der Waals surface area contributed by atoms with Crippen LogP contribution in [0.2, 0.25) is 0 Å². The Hall–Kier alpha value is -2.17. The van der Waals surface area contributed by atoms with Crippen molar-refractivity contribution >= 4 is 11.6 Å². The number of anilines is 1. The molecule has 0 radical (unpaired) electrons. The third-order valence-corrected chi connectivity index (χ3v) is 5.17. The molecule has 0 spiro atoms. The fourth-order valence-electron chi connectivity index (χ4n) is 4.08. The first-order valence-corrected chi connectivity index (χ1v) is 7.96. The molecule has 3 atom stereocenters. The second-order valence-corrected chi connectivity index (χ2v) is 6.62. The first-order chi connectivity index (χ1) is 10.7. The average molecular weight is 296 g/mol. The summed E-state index contributed by atoms with van der Waals surface area (Å²) >= 11 is 0. The van der Waals surface area contributed by atoms with E-state index in [0.717, 1.165) is 29.4 Å². The number of fused-ring (bicyclic) bond motifs is 2. The van der Waals surface area contributed by atoms with Gasteiger partial charge in [0, 0.05) is 24.2 Å². The van der Waals surface area contributed by atoms with Gasteiger partial charge in [0.25, 0.3) is 0 Å². The van der Waals surface area contributed by atoms with Gasteiger partial charge in [-0.25, -0.2) is 0 Å². The quantitative estimate of drug-likeness (QED) is 0.947. The zero-order valence-corrected chi connectivity index (χ0v) is 12.7. The van der Waals surface area contributed by atoms with E-state index < -0.39 is 0 Å². The van der Waals surface area contributed by atoms with Gasteiger partial charge in [0.15, 0.2) is 5.82 Å². The fourth-order valence-corrected chi connectivity index (χ4v) is 4.08. The van der Waals surface area contributed by atoms with Gasteiger partial charge in [0.2, 0.25) is 5.91 Å².